The van der Waals surface area contributed by atoms with Crippen LogP contribution in [0.25, 0.3) is 0 Å². The fourth-order valence-electron chi connectivity index (χ4n) is 0.750. The molecular weight excluding hydrogens is 256 g/mol. The summed E-state index contributed by atoms with van der Waals surface area (Å²) >= 11 is 4.52. The molecule has 1 heterocycles. The highest BCUT2D eigenvalue weighted by atomic mass is 79.9. The van der Waals surface area contributed by atoms with Crippen LogP contribution < -0.4 is 0 Å². The molecule has 0 fully saturated rings. The van der Waals surface area contributed by atoms with Crippen LogP contribution in [0.4, 0.5) is 0 Å². The van der Waals surface area contributed by atoms with E-state index in [-0.39, 0.29) is 6.61 Å². The lowest BCUT2D eigenvalue weighted by Crippen LogP contribution is -2.17. The summed E-state index contributed by atoms with van der Waals surface area (Å²) in [4.78, 5) is 22.3. The van der Waals surface area contributed by atoms with Crippen LogP contribution in [0, 0.1) is 0 Å². The molecule has 0 spiro atoms. The molecule has 0 bridgehead atoms. The summed E-state index contributed by atoms with van der Waals surface area (Å²) in [5, 5.41) is 3.36. The van der Waals surface area contributed by atoms with Crippen LogP contribution in [0.5, 0.6) is 0 Å². The minimum atomic E-state index is -0.804. The monoisotopic (exact) mass is 262 g/mol. The topological polar surface area (TPSA) is 43.4 Å². The molecule has 0 amide bonds. The molecule has 1 aromatic heterocycles. The van der Waals surface area contributed by atoms with E-state index in [9.17, 15) is 9.59 Å². The van der Waals surface area contributed by atoms with Crippen molar-refractivity contribution in [3.63, 3.8) is 0 Å². The zero-order chi connectivity index (χ0) is 9.84. The van der Waals surface area contributed by atoms with Crippen molar-refractivity contribution in [2.24, 2.45) is 0 Å². The molecule has 0 N–H and O–H groups in total. The highest BCUT2D eigenvalue weighted by Crippen LogP contribution is 2.21. The number of esters is 1. The van der Waals surface area contributed by atoms with E-state index in [1.807, 2.05) is 0 Å². The molecule has 0 aliphatic heterocycles. The fraction of sp³-hybridized carbons (Fsp3) is 0.250. The first-order valence-electron chi connectivity index (χ1n) is 3.60. The molecule has 1 rings (SSSR count). The molecule has 0 unspecified atom stereocenters. The van der Waals surface area contributed by atoms with Crippen molar-refractivity contribution in [1.29, 1.82) is 0 Å². The van der Waals surface area contributed by atoms with E-state index in [0.29, 0.717) is 10.0 Å². The van der Waals surface area contributed by atoms with Gasteiger partial charge in [0.05, 0.1) is 12.2 Å². The molecule has 5 heteroatoms. The zero-order valence-corrected chi connectivity index (χ0v) is 9.28. The number of hydrogen-bond acceptors (Lipinski definition) is 4. The Bertz CT molecular complexity index is 332. The van der Waals surface area contributed by atoms with Crippen LogP contribution in [0.15, 0.2) is 15.2 Å². The molecule has 0 saturated carbocycles. The van der Waals surface area contributed by atoms with E-state index in [1.165, 1.54) is 11.3 Å². The molecule has 0 saturated heterocycles. The zero-order valence-electron chi connectivity index (χ0n) is 6.87. The van der Waals surface area contributed by atoms with Gasteiger partial charge in [0, 0.05) is 15.2 Å². The predicted octanol–water partition coefficient (Wildman–Crippen LogP) is 2.26. The normalized spacial score (nSPS) is 9.69. The van der Waals surface area contributed by atoms with Crippen molar-refractivity contribution in [2.45, 2.75) is 6.92 Å². The van der Waals surface area contributed by atoms with Gasteiger partial charge < -0.3 is 4.74 Å². The van der Waals surface area contributed by atoms with Crippen molar-refractivity contribution in [3.05, 3.63) is 20.8 Å². The number of ketones is 1. The van der Waals surface area contributed by atoms with Crippen molar-refractivity contribution >= 4 is 39.0 Å². The van der Waals surface area contributed by atoms with Crippen molar-refractivity contribution in [1.82, 2.24) is 0 Å². The molecule has 1 aromatic rings. The Morgan fingerprint density at radius 3 is 2.69 bits per heavy atom. The Balaban J connectivity index is 2.80. The van der Waals surface area contributed by atoms with Crippen LogP contribution in [-0.2, 0) is 9.53 Å². The maximum absolute atomic E-state index is 11.3. The van der Waals surface area contributed by atoms with Gasteiger partial charge in [0.1, 0.15) is 0 Å². The number of halogens is 1. The number of Topliss-reactive ketones (excluding diaryl/α,β-unsaturated/α-hetero) is 1. The first kappa shape index (κ1) is 10.4. The molecular formula is C8H7BrO3S. The van der Waals surface area contributed by atoms with Gasteiger partial charge in [-0.1, -0.05) is 0 Å². The average molecular weight is 263 g/mol. The van der Waals surface area contributed by atoms with E-state index in [4.69, 9.17) is 0 Å². The summed E-state index contributed by atoms with van der Waals surface area (Å²) < 4.78 is 5.21. The van der Waals surface area contributed by atoms with Crippen molar-refractivity contribution in [3.8, 4) is 0 Å². The molecule has 0 aliphatic rings. The summed E-state index contributed by atoms with van der Waals surface area (Å²) in [6.45, 7) is 1.88. The third kappa shape index (κ3) is 2.38. The van der Waals surface area contributed by atoms with E-state index in [2.05, 4.69) is 20.7 Å². The third-order valence-electron chi connectivity index (χ3n) is 1.32. The highest BCUT2D eigenvalue weighted by molar-refractivity contribution is 9.10. The molecule has 70 valence electrons. The number of thiophene rings is 1. The van der Waals surface area contributed by atoms with E-state index >= 15 is 0 Å². The maximum Gasteiger partial charge on any atom is 0.379 e. The molecule has 0 atom stereocenters. The second-order valence-electron chi connectivity index (χ2n) is 2.18. The number of rotatable bonds is 3. The average Bonchev–Trinajstić information content (AvgIpc) is 2.50. The quantitative estimate of drug-likeness (QED) is 0.477. The van der Waals surface area contributed by atoms with E-state index in [1.54, 1.807) is 17.7 Å². The van der Waals surface area contributed by atoms with E-state index in [0.717, 1.165) is 0 Å². The van der Waals surface area contributed by atoms with E-state index < -0.39 is 11.8 Å². The highest BCUT2D eigenvalue weighted by Gasteiger charge is 2.20. The largest absolute Gasteiger partial charge is 0.460 e. The second-order valence-corrected chi connectivity index (χ2v) is 3.78. The fourth-order valence-corrected chi connectivity index (χ4v) is 2.20. The summed E-state index contributed by atoms with van der Waals surface area (Å²) in [5.74, 6) is -1.41. The van der Waals surface area contributed by atoms with Crippen LogP contribution in [0.3, 0.4) is 0 Å². The molecule has 3 nitrogen and oxygen atoms in total. The smallest absolute Gasteiger partial charge is 0.379 e. The third-order valence-corrected chi connectivity index (χ3v) is 3.02. The number of ether oxygens (including phenoxy) is 1. The molecule has 13 heavy (non-hydrogen) atoms. The van der Waals surface area contributed by atoms with Crippen LogP contribution in [0.2, 0.25) is 0 Å². The SMILES string of the molecule is CCOC(=O)C(=O)c1cscc1Br. The Morgan fingerprint density at radius 1 is 1.54 bits per heavy atom. The minimum Gasteiger partial charge on any atom is -0.460 e. The summed E-state index contributed by atoms with van der Waals surface area (Å²) in [5.41, 5.74) is 0.364. The standard InChI is InChI=1S/C8H7BrO3S/c1-2-12-8(11)7(10)5-3-13-4-6(5)9/h3-4H,2H2,1H3. The van der Waals surface area contributed by atoms with Crippen molar-refractivity contribution in [2.75, 3.05) is 6.61 Å². The van der Waals surface area contributed by atoms with Crippen molar-refractivity contribution < 1.29 is 14.3 Å². The molecule has 0 radical (unpaired) electrons. The van der Waals surface area contributed by atoms with Gasteiger partial charge in [0.2, 0.25) is 0 Å². The molecule has 0 aromatic carbocycles. The Kier molecular flexibility index (Phi) is 3.62. The first-order chi connectivity index (χ1) is 6.16. The first-order valence-corrected chi connectivity index (χ1v) is 5.33. The van der Waals surface area contributed by atoms with Gasteiger partial charge in [-0.15, -0.1) is 0 Å². The Morgan fingerprint density at radius 2 is 2.23 bits per heavy atom. The van der Waals surface area contributed by atoms with Gasteiger partial charge in [-0.3, -0.25) is 4.79 Å². The van der Waals surface area contributed by atoms with Gasteiger partial charge in [-0.2, -0.15) is 11.3 Å². The number of carbonyl (C=O) groups is 2. The number of carbonyl (C=O) groups excluding carboxylic acids is 2. The van der Waals surface area contributed by atoms with Gasteiger partial charge >= 0.3 is 5.97 Å². The van der Waals surface area contributed by atoms with Gasteiger partial charge in [-0.25, -0.2) is 4.79 Å². The lowest BCUT2D eigenvalue weighted by Gasteiger charge is -1.98. The second kappa shape index (κ2) is 4.53. The predicted molar refractivity (Wildman–Crippen MR) is 53.0 cm³/mol. The van der Waals surface area contributed by atoms with Crippen LogP contribution in [0.1, 0.15) is 17.3 Å². The van der Waals surface area contributed by atoms with Gasteiger partial charge in [-0.05, 0) is 22.9 Å². The number of hydrogen-bond donors (Lipinski definition) is 0. The maximum atomic E-state index is 11.3. The lowest BCUT2D eigenvalue weighted by molar-refractivity contribution is -0.137. The van der Waals surface area contributed by atoms with Crippen LogP contribution in [-0.4, -0.2) is 18.4 Å². The van der Waals surface area contributed by atoms with Crippen LogP contribution >= 0.6 is 27.3 Å². The summed E-state index contributed by atoms with van der Waals surface area (Å²) in [7, 11) is 0. The molecule has 0 aliphatic carbocycles. The summed E-state index contributed by atoms with van der Waals surface area (Å²) in [6.07, 6.45) is 0. The Hall–Kier alpha value is -0.680. The van der Waals surface area contributed by atoms with Gasteiger partial charge in [0.25, 0.3) is 5.78 Å². The Labute approximate surface area is 87.8 Å². The lowest BCUT2D eigenvalue weighted by atomic mass is 10.2. The minimum absolute atomic E-state index is 0.215. The summed E-state index contributed by atoms with van der Waals surface area (Å²) in [6, 6.07) is 0. The van der Waals surface area contributed by atoms with Gasteiger partial charge in [0.15, 0.2) is 0 Å².